The number of anilines is 1. The first-order valence-corrected chi connectivity index (χ1v) is 8.38. The minimum atomic E-state index is -0.125. The lowest BCUT2D eigenvalue weighted by molar-refractivity contribution is -0.688. The molecule has 2 aromatic rings. The molecular formula is C20H27N2O+. The Hall–Kier alpha value is -2.13. The molecule has 1 amide bonds. The fraction of sp³-hybridized carbons (Fsp3) is 0.350. The lowest BCUT2D eigenvalue weighted by Gasteiger charge is -2.17. The van der Waals surface area contributed by atoms with Gasteiger partial charge in [-0.15, -0.1) is 0 Å². The predicted octanol–water partition coefficient (Wildman–Crippen LogP) is 3.29. The highest BCUT2D eigenvalue weighted by molar-refractivity contribution is 5.94. The monoisotopic (exact) mass is 311 g/mol. The van der Waals surface area contributed by atoms with Gasteiger partial charge in [0.25, 0.3) is 5.91 Å². The Morgan fingerprint density at radius 1 is 1.04 bits per heavy atom. The summed E-state index contributed by atoms with van der Waals surface area (Å²) in [6.45, 7) is 7.11. The molecule has 0 unspecified atom stereocenters. The summed E-state index contributed by atoms with van der Waals surface area (Å²) in [6, 6.07) is 18.2. The Kier molecular flexibility index (Phi) is 6.36. The van der Waals surface area contributed by atoms with E-state index < -0.39 is 0 Å². The Labute approximate surface area is 139 Å². The Morgan fingerprint density at radius 3 is 2.39 bits per heavy atom. The molecule has 0 spiro atoms. The molecular weight excluding hydrogens is 284 g/mol. The van der Waals surface area contributed by atoms with Crippen LogP contribution in [0, 0.1) is 0 Å². The van der Waals surface area contributed by atoms with Crippen LogP contribution in [0.2, 0.25) is 0 Å². The van der Waals surface area contributed by atoms with Crippen molar-refractivity contribution in [2.45, 2.75) is 45.7 Å². The quantitative estimate of drug-likeness (QED) is 0.810. The summed E-state index contributed by atoms with van der Waals surface area (Å²) in [4.78, 5) is 12.5. The first-order valence-electron chi connectivity index (χ1n) is 8.38. The van der Waals surface area contributed by atoms with Crippen molar-refractivity contribution in [1.29, 1.82) is 0 Å². The minimum Gasteiger partial charge on any atom is -0.333 e. The van der Waals surface area contributed by atoms with Gasteiger partial charge in [0.15, 0.2) is 6.04 Å². The molecule has 3 nitrogen and oxygen atoms in total. The van der Waals surface area contributed by atoms with Crippen molar-refractivity contribution in [2.75, 3.05) is 5.32 Å². The smallest absolute Gasteiger partial charge is 0.282 e. The number of quaternary nitrogens is 1. The van der Waals surface area contributed by atoms with Gasteiger partial charge in [-0.25, -0.2) is 0 Å². The van der Waals surface area contributed by atoms with E-state index >= 15 is 0 Å². The van der Waals surface area contributed by atoms with E-state index in [2.05, 4.69) is 42.7 Å². The average molecular weight is 311 g/mol. The Balaban J connectivity index is 1.96. The molecule has 2 rings (SSSR count). The highest BCUT2D eigenvalue weighted by Gasteiger charge is 2.18. The van der Waals surface area contributed by atoms with Gasteiger partial charge in [0.05, 0.1) is 0 Å². The summed E-state index contributed by atoms with van der Waals surface area (Å²) in [5.74, 6) is 0.492. The van der Waals surface area contributed by atoms with Crippen molar-refractivity contribution in [1.82, 2.24) is 0 Å². The normalized spacial score (nSPS) is 13.3. The Morgan fingerprint density at radius 2 is 1.70 bits per heavy atom. The van der Waals surface area contributed by atoms with E-state index in [1.807, 2.05) is 43.3 Å². The third kappa shape index (κ3) is 4.93. The van der Waals surface area contributed by atoms with Crippen molar-refractivity contribution >= 4 is 11.6 Å². The maximum absolute atomic E-state index is 12.5. The van der Waals surface area contributed by atoms with Gasteiger partial charge in [-0.05, 0) is 30.9 Å². The predicted molar refractivity (Wildman–Crippen MR) is 95.3 cm³/mol. The van der Waals surface area contributed by atoms with Crippen LogP contribution >= 0.6 is 0 Å². The van der Waals surface area contributed by atoms with Gasteiger partial charge in [-0.1, -0.05) is 62.4 Å². The molecule has 3 heteroatoms. The van der Waals surface area contributed by atoms with Crippen molar-refractivity contribution in [3.8, 4) is 0 Å². The van der Waals surface area contributed by atoms with E-state index in [4.69, 9.17) is 0 Å². The van der Waals surface area contributed by atoms with Gasteiger partial charge in [-0.2, -0.15) is 0 Å². The fourth-order valence-corrected chi connectivity index (χ4v) is 2.54. The number of hydrogen-bond donors (Lipinski definition) is 2. The van der Waals surface area contributed by atoms with Crippen LogP contribution in [-0.4, -0.2) is 11.9 Å². The lowest BCUT2D eigenvalue weighted by Crippen LogP contribution is -2.90. The van der Waals surface area contributed by atoms with Crippen molar-refractivity contribution in [3.05, 3.63) is 65.7 Å². The third-order valence-corrected chi connectivity index (χ3v) is 4.33. The number of nitrogens with two attached hydrogens (primary N) is 1. The van der Waals surface area contributed by atoms with Crippen LogP contribution in [0.25, 0.3) is 0 Å². The fourth-order valence-electron chi connectivity index (χ4n) is 2.54. The molecule has 3 N–H and O–H groups in total. The SMILES string of the molecule is CC[C@H](C)c1ccccc1NC(=O)[C@@H](C)[NH2+]Cc1ccccc1. The van der Waals surface area contributed by atoms with E-state index in [9.17, 15) is 4.79 Å². The van der Waals surface area contributed by atoms with Gasteiger partial charge < -0.3 is 10.6 Å². The summed E-state index contributed by atoms with van der Waals surface area (Å²) >= 11 is 0. The van der Waals surface area contributed by atoms with E-state index in [1.165, 1.54) is 11.1 Å². The number of hydrogen-bond acceptors (Lipinski definition) is 1. The van der Waals surface area contributed by atoms with E-state index in [0.717, 1.165) is 18.7 Å². The number of carbonyl (C=O) groups is 1. The van der Waals surface area contributed by atoms with Crippen molar-refractivity contribution in [3.63, 3.8) is 0 Å². The zero-order valence-corrected chi connectivity index (χ0v) is 14.3. The molecule has 0 aliphatic carbocycles. The molecule has 0 saturated carbocycles. The topological polar surface area (TPSA) is 45.7 Å². The molecule has 2 atom stereocenters. The number of rotatable bonds is 7. The standard InChI is InChI=1S/C20H26N2O/c1-4-15(2)18-12-8-9-13-19(18)22-20(23)16(3)21-14-17-10-6-5-7-11-17/h5-13,15-16,21H,4,14H2,1-3H3,(H,22,23)/p+1/t15-,16+/m0/s1. The summed E-state index contributed by atoms with van der Waals surface area (Å²) in [7, 11) is 0. The van der Waals surface area contributed by atoms with Crippen LogP contribution in [0.5, 0.6) is 0 Å². The largest absolute Gasteiger partial charge is 0.333 e. The molecule has 0 saturated heterocycles. The summed E-state index contributed by atoms with van der Waals surface area (Å²) in [5.41, 5.74) is 3.37. The minimum absolute atomic E-state index is 0.0525. The molecule has 0 aliphatic rings. The zero-order chi connectivity index (χ0) is 16.7. The van der Waals surface area contributed by atoms with E-state index in [1.54, 1.807) is 0 Å². The average Bonchev–Trinajstić information content (AvgIpc) is 2.60. The number of para-hydroxylation sites is 1. The number of amides is 1. The van der Waals surface area contributed by atoms with Crippen LogP contribution < -0.4 is 10.6 Å². The maximum atomic E-state index is 12.5. The maximum Gasteiger partial charge on any atom is 0.282 e. The van der Waals surface area contributed by atoms with Crippen LogP contribution in [0.15, 0.2) is 54.6 Å². The first-order chi connectivity index (χ1) is 11.1. The van der Waals surface area contributed by atoms with Gasteiger partial charge in [0.2, 0.25) is 0 Å². The van der Waals surface area contributed by atoms with Gasteiger partial charge in [0.1, 0.15) is 6.54 Å². The Bertz CT molecular complexity index is 625. The second-order valence-corrected chi connectivity index (χ2v) is 6.10. The highest BCUT2D eigenvalue weighted by atomic mass is 16.2. The molecule has 0 aromatic heterocycles. The summed E-state index contributed by atoms with van der Waals surface area (Å²) < 4.78 is 0. The molecule has 0 fully saturated rings. The molecule has 2 aromatic carbocycles. The zero-order valence-electron chi connectivity index (χ0n) is 14.3. The van der Waals surface area contributed by atoms with Crippen LogP contribution in [0.1, 0.15) is 44.2 Å². The summed E-state index contributed by atoms with van der Waals surface area (Å²) in [5, 5.41) is 5.16. The molecule has 122 valence electrons. The molecule has 0 bridgehead atoms. The molecule has 23 heavy (non-hydrogen) atoms. The molecule has 0 radical (unpaired) electrons. The third-order valence-electron chi connectivity index (χ3n) is 4.33. The van der Waals surface area contributed by atoms with Gasteiger partial charge in [-0.3, -0.25) is 4.79 Å². The van der Waals surface area contributed by atoms with E-state index in [0.29, 0.717) is 5.92 Å². The second-order valence-electron chi connectivity index (χ2n) is 6.10. The van der Waals surface area contributed by atoms with Crippen molar-refractivity contribution < 1.29 is 10.1 Å². The van der Waals surface area contributed by atoms with Crippen LogP contribution in [0.3, 0.4) is 0 Å². The number of nitrogens with one attached hydrogen (secondary N) is 1. The number of benzene rings is 2. The van der Waals surface area contributed by atoms with Crippen molar-refractivity contribution in [2.24, 2.45) is 0 Å². The summed E-state index contributed by atoms with van der Waals surface area (Å²) in [6.07, 6.45) is 1.06. The highest BCUT2D eigenvalue weighted by Crippen LogP contribution is 2.26. The lowest BCUT2D eigenvalue weighted by atomic mass is 9.97. The molecule has 0 aliphatic heterocycles. The molecule has 0 heterocycles. The van der Waals surface area contributed by atoms with Crippen LogP contribution in [0.4, 0.5) is 5.69 Å². The van der Waals surface area contributed by atoms with Gasteiger partial charge in [0, 0.05) is 11.3 Å². The first kappa shape index (κ1) is 17.2. The van der Waals surface area contributed by atoms with E-state index in [-0.39, 0.29) is 11.9 Å². The van der Waals surface area contributed by atoms with Gasteiger partial charge >= 0.3 is 0 Å². The van der Waals surface area contributed by atoms with Crippen LogP contribution in [-0.2, 0) is 11.3 Å². The second kappa shape index (κ2) is 8.49. The number of carbonyl (C=O) groups excluding carboxylic acids is 1.